The Hall–Kier alpha value is -1.62. The molecule has 88 valence electrons. The Kier molecular flexibility index (Phi) is 4.25. The van der Waals surface area contributed by atoms with Gasteiger partial charge in [-0.2, -0.15) is 0 Å². The van der Waals surface area contributed by atoms with E-state index in [1.807, 2.05) is 0 Å². The molecule has 0 amide bonds. The van der Waals surface area contributed by atoms with Crippen molar-refractivity contribution in [2.45, 2.75) is 19.4 Å². The Balaban J connectivity index is 2.43. The highest BCUT2D eigenvalue weighted by atomic mass is 19.1. The fourth-order valence-corrected chi connectivity index (χ4v) is 1.09. The van der Waals surface area contributed by atoms with Gasteiger partial charge in [-0.25, -0.2) is 4.39 Å². The zero-order chi connectivity index (χ0) is 12.1. The topological polar surface area (TPSA) is 72.5 Å². The van der Waals surface area contributed by atoms with Gasteiger partial charge in [-0.15, -0.1) is 0 Å². The minimum atomic E-state index is -1.07. The van der Waals surface area contributed by atoms with Crippen LogP contribution in [-0.2, 0) is 4.79 Å². The van der Waals surface area contributed by atoms with Gasteiger partial charge in [0.2, 0.25) is 0 Å². The number of carboxylic acid groups (broad SMARTS) is 1. The lowest BCUT2D eigenvalue weighted by molar-refractivity contribution is -0.138. The van der Waals surface area contributed by atoms with Gasteiger partial charge >= 0.3 is 5.97 Å². The Morgan fingerprint density at radius 2 is 2.31 bits per heavy atom. The van der Waals surface area contributed by atoms with E-state index < -0.39 is 12.0 Å². The van der Waals surface area contributed by atoms with Crippen molar-refractivity contribution in [3.63, 3.8) is 0 Å². The molecule has 1 rings (SSSR count). The molecule has 1 unspecified atom stereocenters. The van der Waals surface area contributed by atoms with Gasteiger partial charge in [0.25, 0.3) is 0 Å². The lowest BCUT2D eigenvalue weighted by Crippen LogP contribution is -2.31. The molecule has 0 radical (unpaired) electrons. The molecular formula is C11H14FNO3. The summed E-state index contributed by atoms with van der Waals surface area (Å²) in [5.74, 6) is -1.04. The number of rotatable bonds is 5. The van der Waals surface area contributed by atoms with Crippen LogP contribution in [0.15, 0.2) is 18.2 Å². The largest absolute Gasteiger partial charge is 0.493 e. The minimum Gasteiger partial charge on any atom is -0.493 e. The van der Waals surface area contributed by atoms with Crippen LogP contribution in [0.2, 0.25) is 0 Å². The van der Waals surface area contributed by atoms with E-state index in [0.717, 1.165) is 0 Å². The second-order valence-corrected chi connectivity index (χ2v) is 3.49. The summed E-state index contributed by atoms with van der Waals surface area (Å²) in [5.41, 5.74) is 5.82. The number of hydrogen-bond donors (Lipinski definition) is 2. The van der Waals surface area contributed by atoms with E-state index in [4.69, 9.17) is 15.6 Å². The molecule has 0 spiro atoms. The van der Waals surface area contributed by atoms with Crippen LogP contribution in [0.4, 0.5) is 4.39 Å². The molecule has 3 N–H and O–H groups in total. The third-order valence-electron chi connectivity index (χ3n) is 2.16. The van der Waals surface area contributed by atoms with E-state index in [0.29, 0.717) is 11.3 Å². The van der Waals surface area contributed by atoms with E-state index in [-0.39, 0.29) is 18.8 Å². The van der Waals surface area contributed by atoms with Gasteiger partial charge in [0.1, 0.15) is 17.6 Å². The molecule has 1 atom stereocenters. The second-order valence-electron chi connectivity index (χ2n) is 3.49. The van der Waals surface area contributed by atoms with Crippen LogP contribution in [0, 0.1) is 12.7 Å². The first kappa shape index (κ1) is 12.4. The van der Waals surface area contributed by atoms with Crippen molar-refractivity contribution in [2.75, 3.05) is 6.61 Å². The quantitative estimate of drug-likeness (QED) is 0.795. The van der Waals surface area contributed by atoms with Gasteiger partial charge in [0.05, 0.1) is 6.61 Å². The molecule has 0 heterocycles. The number of benzene rings is 1. The molecule has 0 bridgehead atoms. The minimum absolute atomic E-state index is 0.149. The summed E-state index contributed by atoms with van der Waals surface area (Å²) < 4.78 is 18.3. The molecule has 0 fully saturated rings. The predicted octanol–water partition coefficient (Wildman–Crippen LogP) is 1.31. The molecule has 16 heavy (non-hydrogen) atoms. The Morgan fingerprint density at radius 1 is 1.62 bits per heavy atom. The molecular weight excluding hydrogens is 213 g/mol. The highest BCUT2D eigenvalue weighted by molar-refractivity contribution is 5.72. The number of carboxylic acids is 1. The van der Waals surface area contributed by atoms with Crippen LogP contribution in [-0.4, -0.2) is 23.7 Å². The van der Waals surface area contributed by atoms with Gasteiger partial charge in [0.15, 0.2) is 0 Å². The molecule has 1 aromatic carbocycles. The first-order valence-corrected chi connectivity index (χ1v) is 4.88. The fraction of sp³-hybridized carbons (Fsp3) is 0.364. The second kappa shape index (κ2) is 5.46. The average molecular weight is 227 g/mol. The Bertz CT molecular complexity index is 381. The molecule has 5 heteroatoms. The number of hydrogen-bond acceptors (Lipinski definition) is 3. The number of ether oxygens (including phenoxy) is 1. The number of carbonyl (C=O) groups is 1. The van der Waals surface area contributed by atoms with Gasteiger partial charge in [-0.1, -0.05) is 6.07 Å². The lowest BCUT2D eigenvalue weighted by Gasteiger charge is -2.09. The fourth-order valence-electron chi connectivity index (χ4n) is 1.09. The smallest absolute Gasteiger partial charge is 0.320 e. The standard InChI is InChI=1S/C11H14FNO3/c1-7-2-3-8(6-9(7)12)16-5-4-10(13)11(14)15/h2-3,6,10H,4-5,13H2,1H3,(H,14,15). The maximum absolute atomic E-state index is 13.1. The predicted molar refractivity (Wildman–Crippen MR) is 56.9 cm³/mol. The number of aliphatic carboxylic acids is 1. The maximum atomic E-state index is 13.1. The maximum Gasteiger partial charge on any atom is 0.320 e. The van der Waals surface area contributed by atoms with Gasteiger partial charge in [-0.05, 0) is 18.6 Å². The van der Waals surface area contributed by atoms with Crippen molar-refractivity contribution in [3.8, 4) is 5.75 Å². The van der Waals surface area contributed by atoms with E-state index in [1.54, 1.807) is 19.1 Å². The summed E-state index contributed by atoms with van der Waals surface area (Å²) >= 11 is 0. The molecule has 0 aliphatic rings. The van der Waals surface area contributed by atoms with Gasteiger partial charge < -0.3 is 15.6 Å². The van der Waals surface area contributed by atoms with Crippen molar-refractivity contribution in [3.05, 3.63) is 29.6 Å². The van der Waals surface area contributed by atoms with Gasteiger partial charge in [0, 0.05) is 12.5 Å². The summed E-state index contributed by atoms with van der Waals surface area (Å²) in [6, 6.07) is 3.55. The highest BCUT2D eigenvalue weighted by Crippen LogP contribution is 2.15. The number of halogens is 1. The van der Waals surface area contributed by atoms with Crippen LogP contribution in [0.5, 0.6) is 5.75 Å². The average Bonchev–Trinajstić information content (AvgIpc) is 2.23. The van der Waals surface area contributed by atoms with Gasteiger partial charge in [-0.3, -0.25) is 4.79 Å². The third kappa shape index (κ3) is 3.51. The van der Waals surface area contributed by atoms with Crippen LogP contribution in [0.3, 0.4) is 0 Å². The summed E-state index contributed by atoms with van der Waals surface area (Å²) in [6.07, 6.45) is 0.185. The van der Waals surface area contributed by atoms with Crippen molar-refractivity contribution < 1.29 is 19.0 Å². The van der Waals surface area contributed by atoms with Crippen LogP contribution in [0.25, 0.3) is 0 Å². The Labute approximate surface area is 92.8 Å². The molecule has 0 aliphatic heterocycles. The van der Waals surface area contributed by atoms with E-state index >= 15 is 0 Å². The first-order valence-electron chi connectivity index (χ1n) is 4.88. The van der Waals surface area contributed by atoms with Crippen molar-refractivity contribution in [1.82, 2.24) is 0 Å². The monoisotopic (exact) mass is 227 g/mol. The zero-order valence-corrected chi connectivity index (χ0v) is 8.94. The van der Waals surface area contributed by atoms with Crippen LogP contribution < -0.4 is 10.5 Å². The van der Waals surface area contributed by atoms with Crippen molar-refractivity contribution in [2.24, 2.45) is 5.73 Å². The van der Waals surface area contributed by atoms with E-state index in [9.17, 15) is 9.18 Å². The molecule has 0 saturated heterocycles. The summed E-state index contributed by atoms with van der Waals surface area (Å²) in [6.45, 7) is 1.80. The SMILES string of the molecule is Cc1ccc(OCCC(N)C(=O)O)cc1F. The zero-order valence-electron chi connectivity index (χ0n) is 8.94. The normalized spacial score (nSPS) is 12.2. The van der Waals surface area contributed by atoms with Crippen LogP contribution >= 0.6 is 0 Å². The van der Waals surface area contributed by atoms with Crippen molar-refractivity contribution in [1.29, 1.82) is 0 Å². The first-order chi connectivity index (χ1) is 7.50. The summed E-state index contributed by atoms with van der Waals surface area (Å²) in [4.78, 5) is 10.4. The molecule has 0 saturated carbocycles. The lowest BCUT2D eigenvalue weighted by atomic mass is 10.2. The number of nitrogens with two attached hydrogens (primary N) is 1. The molecule has 0 aliphatic carbocycles. The molecule has 1 aromatic rings. The Morgan fingerprint density at radius 3 is 2.88 bits per heavy atom. The van der Waals surface area contributed by atoms with E-state index in [2.05, 4.69) is 0 Å². The van der Waals surface area contributed by atoms with Crippen LogP contribution in [0.1, 0.15) is 12.0 Å². The van der Waals surface area contributed by atoms with E-state index in [1.165, 1.54) is 6.07 Å². The van der Waals surface area contributed by atoms with Crippen molar-refractivity contribution >= 4 is 5.97 Å². The highest BCUT2D eigenvalue weighted by Gasteiger charge is 2.11. The number of aryl methyl sites for hydroxylation is 1. The molecule has 0 aromatic heterocycles. The third-order valence-corrected chi connectivity index (χ3v) is 2.16. The summed E-state index contributed by atoms with van der Waals surface area (Å²) in [5, 5.41) is 8.52. The summed E-state index contributed by atoms with van der Waals surface area (Å²) in [7, 11) is 0. The molecule has 4 nitrogen and oxygen atoms in total.